The Labute approximate surface area is 115 Å². The Hall–Kier alpha value is -1.07. The van der Waals surface area contributed by atoms with Crippen LogP contribution in [0.4, 0.5) is 0 Å². The van der Waals surface area contributed by atoms with Crippen LogP contribution in [0.1, 0.15) is 37.4 Å². The van der Waals surface area contributed by atoms with Crippen LogP contribution in [0, 0.1) is 6.92 Å². The minimum absolute atomic E-state index is 0.0160. The van der Waals surface area contributed by atoms with Gasteiger partial charge >= 0.3 is 0 Å². The van der Waals surface area contributed by atoms with Gasteiger partial charge in [0.2, 0.25) is 0 Å². The second-order valence-corrected chi connectivity index (χ2v) is 7.12. The maximum absolute atomic E-state index is 11.6. The zero-order valence-corrected chi connectivity index (χ0v) is 12.7. The third-order valence-corrected chi connectivity index (χ3v) is 4.71. The molecule has 0 aliphatic carbocycles. The van der Waals surface area contributed by atoms with Gasteiger partial charge in [-0.3, -0.25) is 0 Å². The number of hydrogen-bond acceptors (Lipinski definition) is 4. The topological polar surface area (TPSA) is 69.4 Å². The highest BCUT2D eigenvalue weighted by Crippen LogP contribution is 2.21. The molecule has 2 N–H and O–H groups in total. The molecule has 0 spiro atoms. The summed E-state index contributed by atoms with van der Waals surface area (Å²) in [5, 5.41) is 0. The molecule has 1 aromatic rings. The molecule has 1 aromatic carbocycles. The van der Waals surface area contributed by atoms with E-state index in [1.807, 2.05) is 39.0 Å². The molecule has 0 saturated heterocycles. The van der Waals surface area contributed by atoms with Gasteiger partial charge in [0.1, 0.15) is 12.4 Å². The highest BCUT2D eigenvalue weighted by molar-refractivity contribution is 7.91. The lowest BCUT2D eigenvalue weighted by Gasteiger charge is -2.12. The Bertz CT molecular complexity index is 509. The third-order valence-electron chi connectivity index (χ3n) is 2.89. The SMILES string of the molecule is CCCS(=O)(=O)CCOc1ccc(C(C)N)cc1C. The van der Waals surface area contributed by atoms with Crippen LogP contribution in [0.5, 0.6) is 5.75 Å². The molecule has 0 bridgehead atoms. The van der Waals surface area contributed by atoms with E-state index in [2.05, 4.69) is 0 Å². The Morgan fingerprint density at radius 1 is 1.32 bits per heavy atom. The number of sulfone groups is 1. The minimum Gasteiger partial charge on any atom is -0.492 e. The van der Waals surface area contributed by atoms with Crippen molar-refractivity contribution >= 4 is 9.84 Å². The van der Waals surface area contributed by atoms with Gasteiger partial charge < -0.3 is 10.5 Å². The first-order valence-corrected chi connectivity index (χ1v) is 8.37. The van der Waals surface area contributed by atoms with Crippen LogP contribution in [-0.4, -0.2) is 26.5 Å². The third kappa shape index (κ3) is 5.20. The number of rotatable bonds is 7. The number of hydrogen-bond donors (Lipinski definition) is 1. The van der Waals surface area contributed by atoms with E-state index in [-0.39, 0.29) is 24.2 Å². The average molecular weight is 285 g/mol. The fourth-order valence-corrected chi connectivity index (χ4v) is 2.97. The minimum atomic E-state index is -2.98. The number of ether oxygens (including phenoxy) is 1. The molecule has 1 unspecified atom stereocenters. The van der Waals surface area contributed by atoms with Crippen LogP contribution in [0.3, 0.4) is 0 Å². The summed E-state index contributed by atoms with van der Waals surface area (Å²) in [6, 6.07) is 5.71. The molecule has 5 heteroatoms. The molecule has 0 saturated carbocycles. The highest BCUT2D eigenvalue weighted by Gasteiger charge is 2.10. The van der Waals surface area contributed by atoms with Crippen molar-refractivity contribution in [1.29, 1.82) is 0 Å². The van der Waals surface area contributed by atoms with E-state index >= 15 is 0 Å². The maximum Gasteiger partial charge on any atom is 0.153 e. The average Bonchev–Trinajstić information content (AvgIpc) is 2.30. The second kappa shape index (κ2) is 6.91. The summed E-state index contributed by atoms with van der Waals surface area (Å²) in [4.78, 5) is 0. The van der Waals surface area contributed by atoms with Crippen molar-refractivity contribution in [2.45, 2.75) is 33.2 Å². The standard InChI is InChI=1S/C14H23NO3S/c1-4-8-19(16,17)9-7-18-14-6-5-13(12(3)15)10-11(14)2/h5-6,10,12H,4,7-9,15H2,1-3H3. The van der Waals surface area contributed by atoms with Crippen molar-refractivity contribution in [3.63, 3.8) is 0 Å². The molecule has 0 aliphatic heterocycles. The van der Waals surface area contributed by atoms with Gasteiger partial charge in [-0.15, -0.1) is 0 Å². The van der Waals surface area contributed by atoms with Crippen molar-refractivity contribution in [1.82, 2.24) is 0 Å². The fraction of sp³-hybridized carbons (Fsp3) is 0.571. The number of benzene rings is 1. The maximum atomic E-state index is 11.6. The summed E-state index contributed by atoms with van der Waals surface area (Å²) in [5.74, 6) is 1.00. The number of nitrogens with two attached hydrogens (primary N) is 1. The quantitative estimate of drug-likeness (QED) is 0.834. The van der Waals surface area contributed by atoms with Crippen molar-refractivity contribution < 1.29 is 13.2 Å². The van der Waals surface area contributed by atoms with E-state index < -0.39 is 9.84 Å². The van der Waals surface area contributed by atoms with Gasteiger partial charge in [-0.1, -0.05) is 19.1 Å². The molecule has 0 amide bonds. The van der Waals surface area contributed by atoms with Gasteiger partial charge in [-0.2, -0.15) is 0 Å². The van der Waals surface area contributed by atoms with Crippen LogP contribution >= 0.6 is 0 Å². The smallest absolute Gasteiger partial charge is 0.153 e. The summed E-state index contributed by atoms with van der Waals surface area (Å²) >= 11 is 0. The molecule has 108 valence electrons. The molecule has 0 radical (unpaired) electrons. The van der Waals surface area contributed by atoms with Crippen molar-refractivity contribution in [2.75, 3.05) is 18.1 Å². The zero-order valence-electron chi connectivity index (χ0n) is 11.8. The first-order chi connectivity index (χ1) is 8.85. The van der Waals surface area contributed by atoms with Crippen molar-refractivity contribution in [2.24, 2.45) is 5.73 Å². The lowest BCUT2D eigenvalue weighted by molar-refractivity contribution is 0.338. The van der Waals surface area contributed by atoms with Gasteiger partial charge in [0.15, 0.2) is 9.84 Å². The van der Waals surface area contributed by atoms with E-state index in [0.717, 1.165) is 16.9 Å². The van der Waals surface area contributed by atoms with Gasteiger partial charge in [-0.25, -0.2) is 8.42 Å². The predicted molar refractivity (Wildman–Crippen MR) is 78.2 cm³/mol. The summed E-state index contributed by atoms with van der Waals surface area (Å²) < 4.78 is 28.6. The van der Waals surface area contributed by atoms with E-state index in [0.29, 0.717) is 6.42 Å². The monoisotopic (exact) mass is 285 g/mol. The van der Waals surface area contributed by atoms with Crippen LogP contribution in [0.15, 0.2) is 18.2 Å². The van der Waals surface area contributed by atoms with Gasteiger partial charge in [0.05, 0.1) is 11.5 Å². The lowest BCUT2D eigenvalue weighted by atomic mass is 10.1. The van der Waals surface area contributed by atoms with Crippen molar-refractivity contribution in [3.05, 3.63) is 29.3 Å². The summed E-state index contributed by atoms with van der Waals surface area (Å²) in [5.41, 5.74) is 7.82. The van der Waals surface area contributed by atoms with Crippen LogP contribution in [0.2, 0.25) is 0 Å². The molecule has 0 aromatic heterocycles. The summed E-state index contributed by atoms with van der Waals surface area (Å²) in [7, 11) is -2.98. The lowest BCUT2D eigenvalue weighted by Crippen LogP contribution is -2.17. The normalized spacial score (nSPS) is 13.3. The molecule has 19 heavy (non-hydrogen) atoms. The Balaban J connectivity index is 2.59. The van der Waals surface area contributed by atoms with E-state index in [1.165, 1.54) is 0 Å². The zero-order chi connectivity index (χ0) is 14.5. The molecule has 0 heterocycles. The Kier molecular flexibility index (Phi) is 5.82. The first-order valence-electron chi connectivity index (χ1n) is 6.55. The fourth-order valence-electron chi connectivity index (χ4n) is 1.81. The highest BCUT2D eigenvalue weighted by atomic mass is 32.2. The van der Waals surface area contributed by atoms with Gasteiger partial charge in [-0.05, 0) is 37.5 Å². The van der Waals surface area contributed by atoms with Crippen LogP contribution in [0.25, 0.3) is 0 Å². The summed E-state index contributed by atoms with van der Waals surface area (Å²) in [6.07, 6.45) is 0.643. The van der Waals surface area contributed by atoms with Crippen LogP contribution < -0.4 is 10.5 Å². The molecular formula is C14H23NO3S. The molecular weight excluding hydrogens is 262 g/mol. The first kappa shape index (κ1) is 16.0. The Morgan fingerprint density at radius 3 is 2.53 bits per heavy atom. The molecule has 0 aliphatic rings. The van der Waals surface area contributed by atoms with Crippen molar-refractivity contribution in [3.8, 4) is 5.75 Å². The largest absolute Gasteiger partial charge is 0.492 e. The van der Waals surface area contributed by atoms with E-state index in [4.69, 9.17) is 10.5 Å². The Morgan fingerprint density at radius 2 is 2.00 bits per heavy atom. The van der Waals surface area contributed by atoms with Gasteiger partial charge in [0.25, 0.3) is 0 Å². The van der Waals surface area contributed by atoms with E-state index in [9.17, 15) is 8.42 Å². The molecule has 1 atom stereocenters. The molecule has 0 fully saturated rings. The van der Waals surface area contributed by atoms with E-state index in [1.54, 1.807) is 0 Å². The van der Waals surface area contributed by atoms with Crippen LogP contribution in [-0.2, 0) is 9.84 Å². The number of aryl methyl sites for hydroxylation is 1. The predicted octanol–water partition coefficient (Wildman–Crippen LogP) is 2.22. The summed E-state index contributed by atoms with van der Waals surface area (Å²) in [6.45, 7) is 5.91. The molecule has 4 nitrogen and oxygen atoms in total. The second-order valence-electron chi connectivity index (χ2n) is 4.81. The molecule has 1 rings (SSSR count). The van der Waals surface area contributed by atoms with Gasteiger partial charge in [0, 0.05) is 6.04 Å².